The fraction of sp³-hybridized carbons (Fsp3) is 0.375. The Morgan fingerprint density at radius 2 is 1.66 bits per heavy atom. The van der Waals surface area contributed by atoms with Crippen LogP contribution in [0.5, 0.6) is 0 Å². The van der Waals surface area contributed by atoms with Crippen molar-refractivity contribution < 1.29 is 4.79 Å². The fourth-order valence-electron chi connectivity index (χ4n) is 3.78. The van der Waals surface area contributed by atoms with Crippen LogP contribution in [0.15, 0.2) is 48.5 Å². The molecule has 0 spiro atoms. The molecule has 1 fully saturated rings. The standard InChI is InChI=1S/C24H28N4O/c1-17(2)16-22(29)27-12-14-28(15-13-27)24-20-6-4-5-7-21(20)25-23(26-24)19-10-8-18(3)9-11-19/h4-11,17H,12-16H2,1-3H3. The van der Waals surface area contributed by atoms with E-state index in [0.29, 0.717) is 12.3 Å². The van der Waals surface area contributed by atoms with E-state index in [1.54, 1.807) is 0 Å². The number of anilines is 1. The molecule has 0 atom stereocenters. The zero-order valence-electron chi connectivity index (χ0n) is 17.4. The van der Waals surface area contributed by atoms with Crippen LogP contribution in [0.1, 0.15) is 25.8 Å². The number of aryl methyl sites for hydroxylation is 1. The molecule has 0 radical (unpaired) electrons. The van der Waals surface area contributed by atoms with Crippen LogP contribution >= 0.6 is 0 Å². The van der Waals surface area contributed by atoms with Gasteiger partial charge < -0.3 is 9.80 Å². The lowest BCUT2D eigenvalue weighted by atomic mass is 10.1. The van der Waals surface area contributed by atoms with Gasteiger partial charge in [-0.25, -0.2) is 9.97 Å². The summed E-state index contributed by atoms with van der Waals surface area (Å²) >= 11 is 0. The Labute approximate surface area is 172 Å². The topological polar surface area (TPSA) is 49.3 Å². The van der Waals surface area contributed by atoms with Gasteiger partial charge in [0.25, 0.3) is 0 Å². The molecule has 1 aliphatic heterocycles. The first kappa shape index (κ1) is 19.4. The number of aromatic nitrogens is 2. The molecule has 150 valence electrons. The van der Waals surface area contributed by atoms with Gasteiger partial charge in [-0.05, 0) is 25.0 Å². The average Bonchev–Trinajstić information content (AvgIpc) is 2.73. The van der Waals surface area contributed by atoms with Crippen LogP contribution < -0.4 is 4.90 Å². The van der Waals surface area contributed by atoms with Crippen LogP contribution in [-0.2, 0) is 4.79 Å². The van der Waals surface area contributed by atoms with Crippen molar-refractivity contribution in [3.63, 3.8) is 0 Å². The molecule has 0 aliphatic carbocycles. The van der Waals surface area contributed by atoms with E-state index in [1.165, 1.54) is 5.56 Å². The van der Waals surface area contributed by atoms with Gasteiger partial charge in [0.15, 0.2) is 5.82 Å². The predicted octanol–water partition coefficient (Wildman–Crippen LogP) is 4.30. The lowest BCUT2D eigenvalue weighted by Crippen LogP contribution is -2.49. The third kappa shape index (κ3) is 4.24. The molecule has 2 heterocycles. The maximum Gasteiger partial charge on any atom is 0.222 e. The van der Waals surface area contributed by atoms with Gasteiger partial charge in [-0.15, -0.1) is 0 Å². The van der Waals surface area contributed by atoms with Crippen molar-refractivity contribution >= 4 is 22.6 Å². The summed E-state index contributed by atoms with van der Waals surface area (Å²) in [6.07, 6.45) is 0.619. The number of fused-ring (bicyclic) bond motifs is 1. The Bertz CT molecular complexity index is 1010. The first-order chi connectivity index (χ1) is 14.0. The van der Waals surface area contributed by atoms with Gasteiger partial charge in [0.05, 0.1) is 5.52 Å². The maximum atomic E-state index is 12.4. The lowest BCUT2D eigenvalue weighted by Gasteiger charge is -2.36. The summed E-state index contributed by atoms with van der Waals surface area (Å²) in [4.78, 5) is 26.5. The number of benzene rings is 2. The summed E-state index contributed by atoms with van der Waals surface area (Å²) in [7, 11) is 0. The van der Waals surface area contributed by atoms with Crippen LogP contribution in [0.25, 0.3) is 22.3 Å². The van der Waals surface area contributed by atoms with Crippen LogP contribution in [0.3, 0.4) is 0 Å². The summed E-state index contributed by atoms with van der Waals surface area (Å²) in [6.45, 7) is 9.32. The fourth-order valence-corrected chi connectivity index (χ4v) is 3.78. The molecule has 0 N–H and O–H groups in total. The Morgan fingerprint density at radius 1 is 0.966 bits per heavy atom. The van der Waals surface area contributed by atoms with Crippen LogP contribution in [0.4, 0.5) is 5.82 Å². The van der Waals surface area contributed by atoms with E-state index >= 15 is 0 Å². The predicted molar refractivity (Wildman–Crippen MR) is 118 cm³/mol. The van der Waals surface area contributed by atoms with Crippen molar-refractivity contribution in [1.29, 1.82) is 0 Å². The van der Waals surface area contributed by atoms with E-state index < -0.39 is 0 Å². The van der Waals surface area contributed by atoms with E-state index in [-0.39, 0.29) is 5.91 Å². The molecule has 1 aromatic heterocycles. The minimum atomic E-state index is 0.257. The van der Waals surface area contributed by atoms with E-state index in [1.807, 2.05) is 23.1 Å². The number of hydrogen-bond acceptors (Lipinski definition) is 4. The number of carbonyl (C=O) groups excluding carboxylic acids is 1. The Morgan fingerprint density at radius 3 is 2.34 bits per heavy atom. The largest absolute Gasteiger partial charge is 0.352 e. The Hall–Kier alpha value is -2.95. The summed E-state index contributed by atoms with van der Waals surface area (Å²) in [5.74, 6) is 2.36. The number of rotatable bonds is 4. The van der Waals surface area contributed by atoms with Crippen molar-refractivity contribution in [2.75, 3.05) is 31.1 Å². The van der Waals surface area contributed by atoms with E-state index in [2.05, 4.69) is 56.0 Å². The molecule has 4 rings (SSSR count). The molecule has 2 aromatic carbocycles. The molecule has 1 aliphatic rings. The second-order valence-electron chi connectivity index (χ2n) is 8.22. The molecule has 29 heavy (non-hydrogen) atoms. The van der Waals surface area contributed by atoms with Gasteiger partial charge in [0, 0.05) is 43.5 Å². The highest BCUT2D eigenvalue weighted by Crippen LogP contribution is 2.28. The number of piperazine rings is 1. The Kier molecular flexibility index (Phi) is 5.47. The normalized spacial score (nSPS) is 14.6. The van der Waals surface area contributed by atoms with Gasteiger partial charge >= 0.3 is 0 Å². The Balaban J connectivity index is 1.63. The first-order valence-electron chi connectivity index (χ1n) is 10.4. The van der Waals surface area contributed by atoms with Gasteiger partial charge in [-0.3, -0.25) is 4.79 Å². The van der Waals surface area contributed by atoms with E-state index in [4.69, 9.17) is 9.97 Å². The minimum Gasteiger partial charge on any atom is -0.352 e. The third-order valence-electron chi connectivity index (χ3n) is 5.41. The zero-order chi connectivity index (χ0) is 20.4. The SMILES string of the molecule is Cc1ccc(-c2nc(N3CCN(C(=O)CC(C)C)CC3)c3ccccc3n2)cc1. The average molecular weight is 389 g/mol. The molecule has 3 aromatic rings. The van der Waals surface area contributed by atoms with Crippen molar-refractivity contribution in [1.82, 2.24) is 14.9 Å². The lowest BCUT2D eigenvalue weighted by molar-refractivity contribution is -0.132. The van der Waals surface area contributed by atoms with Gasteiger partial charge in [-0.1, -0.05) is 55.8 Å². The summed E-state index contributed by atoms with van der Waals surface area (Å²) < 4.78 is 0. The van der Waals surface area contributed by atoms with E-state index in [9.17, 15) is 4.79 Å². The van der Waals surface area contributed by atoms with Crippen LogP contribution in [-0.4, -0.2) is 47.0 Å². The van der Waals surface area contributed by atoms with Crippen molar-refractivity contribution in [3.05, 3.63) is 54.1 Å². The molecular formula is C24H28N4O. The monoisotopic (exact) mass is 388 g/mol. The number of carbonyl (C=O) groups is 1. The molecule has 1 saturated heterocycles. The molecule has 0 unspecified atom stereocenters. The van der Waals surface area contributed by atoms with E-state index in [0.717, 1.165) is 54.3 Å². The first-order valence-corrected chi connectivity index (χ1v) is 10.4. The van der Waals surface area contributed by atoms with Gasteiger partial charge in [0.2, 0.25) is 5.91 Å². The van der Waals surface area contributed by atoms with Crippen molar-refractivity contribution in [3.8, 4) is 11.4 Å². The number of amides is 1. The minimum absolute atomic E-state index is 0.257. The molecule has 0 saturated carbocycles. The maximum absolute atomic E-state index is 12.4. The van der Waals surface area contributed by atoms with Crippen LogP contribution in [0.2, 0.25) is 0 Å². The highest BCUT2D eigenvalue weighted by atomic mass is 16.2. The van der Waals surface area contributed by atoms with Crippen LogP contribution in [0, 0.1) is 12.8 Å². The number of hydrogen-bond donors (Lipinski definition) is 0. The number of nitrogens with zero attached hydrogens (tertiary/aromatic N) is 4. The summed E-state index contributed by atoms with van der Waals surface area (Å²) in [6, 6.07) is 16.5. The van der Waals surface area contributed by atoms with Gasteiger partial charge in [-0.2, -0.15) is 0 Å². The third-order valence-corrected chi connectivity index (χ3v) is 5.41. The second-order valence-corrected chi connectivity index (χ2v) is 8.22. The highest BCUT2D eigenvalue weighted by molar-refractivity contribution is 5.91. The smallest absolute Gasteiger partial charge is 0.222 e. The van der Waals surface area contributed by atoms with Crippen molar-refractivity contribution in [2.45, 2.75) is 27.2 Å². The number of para-hydroxylation sites is 1. The van der Waals surface area contributed by atoms with Crippen molar-refractivity contribution in [2.24, 2.45) is 5.92 Å². The molecule has 5 nitrogen and oxygen atoms in total. The molecule has 0 bridgehead atoms. The quantitative estimate of drug-likeness (QED) is 0.669. The highest BCUT2D eigenvalue weighted by Gasteiger charge is 2.24. The summed E-state index contributed by atoms with van der Waals surface area (Å²) in [5, 5.41) is 1.06. The zero-order valence-corrected chi connectivity index (χ0v) is 17.4. The summed E-state index contributed by atoms with van der Waals surface area (Å²) in [5.41, 5.74) is 3.19. The molecule has 5 heteroatoms. The second kappa shape index (κ2) is 8.19. The molecule has 1 amide bonds. The molecular weight excluding hydrogens is 360 g/mol. The van der Waals surface area contributed by atoms with Gasteiger partial charge in [0.1, 0.15) is 5.82 Å².